The van der Waals surface area contributed by atoms with Gasteiger partial charge in [0.25, 0.3) is 0 Å². The monoisotopic (exact) mass is 358 g/mol. The molecule has 0 aliphatic carbocycles. The lowest BCUT2D eigenvalue weighted by Gasteiger charge is -2.45. The molecule has 0 aromatic carbocycles. The standard InChI is InChI=1S/C15H23ClN4O2S/c1-20(18)7-10(17)11-6-15(3-4-19-11)14-9(5-13(16)23-14)12(21-2)8-22-15/h5,7,11-12,19H,3-4,6,8,17-18H2,1-2H3/b10-7-/t11-,12?,15?/m0/s1. The second-order valence-electron chi connectivity index (χ2n) is 6.12. The summed E-state index contributed by atoms with van der Waals surface area (Å²) in [7, 11) is 3.45. The fraction of sp³-hybridized carbons (Fsp3) is 0.600. The van der Waals surface area contributed by atoms with E-state index in [2.05, 4.69) is 5.32 Å². The number of piperidine rings is 1. The topological polar surface area (TPSA) is 85.8 Å². The highest BCUT2D eigenvalue weighted by atomic mass is 35.5. The Bertz CT molecular complexity index is 606. The molecule has 128 valence electrons. The minimum Gasteiger partial charge on any atom is -0.400 e. The highest BCUT2D eigenvalue weighted by Crippen LogP contribution is 2.50. The quantitative estimate of drug-likeness (QED) is 0.563. The van der Waals surface area contributed by atoms with Crippen molar-refractivity contribution >= 4 is 22.9 Å². The predicted molar refractivity (Wildman–Crippen MR) is 92.0 cm³/mol. The molecular formula is C15H23ClN4O2S. The van der Waals surface area contributed by atoms with Gasteiger partial charge in [0.1, 0.15) is 11.7 Å². The van der Waals surface area contributed by atoms with E-state index in [4.69, 9.17) is 32.7 Å². The number of fused-ring (bicyclic) bond motifs is 2. The summed E-state index contributed by atoms with van der Waals surface area (Å²) in [5, 5.41) is 4.91. The largest absolute Gasteiger partial charge is 0.400 e. The SMILES string of the molecule is COC1COC2(CCN[C@H](/C(N)=C/N(C)N)C2)c2sc(Cl)cc21. The second-order valence-corrected chi connectivity index (χ2v) is 7.80. The van der Waals surface area contributed by atoms with E-state index >= 15 is 0 Å². The minimum absolute atomic E-state index is 0.0163. The first-order valence-electron chi connectivity index (χ1n) is 7.60. The van der Waals surface area contributed by atoms with Crippen molar-refractivity contribution in [2.24, 2.45) is 11.6 Å². The maximum atomic E-state index is 6.29. The highest BCUT2D eigenvalue weighted by Gasteiger charge is 2.46. The molecule has 3 atom stereocenters. The van der Waals surface area contributed by atoms with Crippen molar-refractivity contribution < 1.29 is 9.47 Å². The number of methoxy groups -OCH3 is 1. The van der Waals surface area contributed by atoms with Crippen LogP contribution in [0.3, 0.4) is 0 Å². The van der Waals surface area contributed by atoms with Crippen LogP contribution < -0.4 is 16.9 Å². The summed E-state index contributed by atoms with van der Waals surface area (Å²) >= 11 is 7.86. The number of nitrogens with one attached hydrogen (secondary N) is 1. The molecule has 1 aromatic heterocycles. The third-order valence-corrected chi connectivity index (χ3v) is 5.96. The van der Waals surface area contributed by atoms with Crippen LogP contribution in [-0.4, -0.2) is 38.4 Å². The zero-order chi connectivity index (χ0) is 16.6. The molecule has 2 unspecified atom stereocenters. The summed E-state index contributed by atoms with van der Waals surface area (Å²) in [4.78, 5) is 1.17. The van der Waals surface area contributed by atoms with Gasteiger partial charge in [-0.25, -0.2) is 5.84 Å². The molecule has 8 heteroatoms. The van der Waals surface area contributed by atoms with Gasteiger partial charge in [0.15, 0.2) is 0 Å². The van der Waals surface area contributed by atoms with Gasteiger partial charge in [-0.3, -0.25) is 0 Å². The summed E-state index contributed by atoms with van der Waals surface area (Å²) in [6.45, 7) is 1.35. The lowest BCUT2D eigenvalue weighted by Crippen LogP contribution is -2.51. The summed E-state index contributed by atoms with van der Waals surface area (Å²) in [6, 6.07) is 2.02. The smallest absolute Gasteiger partial charge is 0.107 e. The van der Waals surface area contributed by atoms with Crippen molar-refractivity contribution in [1.29, 1.82) is 0 Å². The molecule has 23 heavy (non-hydrogen) atoms. The van der Waals surface area contributed by atoms with Crippen LogP contribution in [0.4, 0.5) is 0 Å². The first-order chi connectivity index (χ1) is 10.9. The summed E-state index contributed by atoms with van der Waals surface area (Å²) in [5.74, 6) is 5.67. The Morgan fingerprint density at radius 2 is 2.43 bits per heavy atom. The normalized spacial score (nSPS) is 31.2. The summed E-state index contributed by atoms with van der Waals surface area (Å²) in [6.07, 6.45) is 3.31. The molecule has 0 amide bonds. The van der Waals surface area contributed by atoms with E-state index in [1.165, 1.54) is 9.89 Å². The molecule has 0 radical (unpaired) electrons. The molecule has 3 heterocycles. The first-order valence-corrected chi connectivity index (χ1v) is 8.79. The minimum atomic E-state index is -0.357. The van der Waals surface area contributed by atoms with E-state index in [-0.39, 0.29) is 17.7 Å². The molecular weight excluding hydrogens is 336 g/mol. The van der Waals surface area contributed by atoms with Gasteiger partial charge >= 0.3 is 0 Å². The van der Waals surface area contributed by atoms with Crippen LogP contribution in [0.5, 0.6) is 0 Å². The van der Waals surface area contributed by atoms with Gasteiger partial charge in [0, 0.05) is 42.9 Å². The predicted octanol–water partition coefficient (Wildman–Crippen LogP) is 1.67. The number of halogens is 1. The number of hydrogen-bond donors (Lipinski definition) is 3. The van der Waals surface area contributed by atoms with E-state index in [1.54, 1.807) is 31.7 Å². The fourth-order valence-electron chi connectivity index (χ4n) is 3.40. The van der Waals surface area contributed by atoms with Gasteiger partial charge in [-0.05, 0) is 19.0 Å². The second kappa shape index (κ2) is 6.58. The number of hydrazine groups is 1. The van der Waals surface area contributed by atoms with Crippen LogP contribution in [0.2, 0.25) is 4.34 Å². The molecule has 2 aliphatic heterocycles. The molecule has 1 spiro atoms. The average Bonchev–Trinajstić information content (AvgIpc) is 2.90. The van der Waals surface area contributed by atoms with E-state index in [0.29, 0.717) is 12.3 Å². The zero-order valence-corrected chi connectivity index (χ0v) is 14.9. The Morgan fingerprint density at radius 1 is 1.65 bits per heavy atom. The molecule has 1 fully saturated rings. The van der Waals surface area contributed by atoms with Gasteiger partial charge < -0.3 is 25.5 Å². The van der Waals surface area contributed by atoms with Gasteiger partial charge in [0.05, 0.1) is 17.0 Å². The maximum Gasteiger partial charge on any atom is 0.107 e. The van der Waals surface area contributed by atoms with Crippen LogP contribution in [0.25, 0.3) is 0 Å². The molecule has 5 N–H and O–H groups in total. The van der Waals surface area contributed by atoms with E-state index in [0.717, 1.165) is 29.3 Å². The van der Waals surface area contributed by atoms with Crippen molar-refractivity contribution in [3.8, 4) is 0 Å². The Labute approximate surface area is 145 Å². The first kappa shape index (κ1) is 17.0. The third-order valence-electron chi connectivity index (χ3n) is 4.50. The number of rotatable bonds is 3. The third kappa shape index (κ3) is 3.22. The molecule has 3 rings (SSSR count). The Hall–Kier alpha value is -0.830. The van der Waals surface area contributed by atoms with Crippen LogP contribution in [-0.2, 0) is 15.1 Å². The number of thiophene rings is 1. The van der Waals surface area contributed by atoms with Crippen LogP contribution >= 0.6 is 22.9 Å². The van der Waals surface area contributed by atoms with Crippen molar-refractivity contribution in [2.45, 2.75) is 30.6 Å². The molecule has 1 saturated heterocycles. The van der Waals surface area contributed by atoms with Gasteiger partial charge in [0.2, 0.25) is 0 Å². The van der Waals surface area contributed by atoms with Gasteiger partial charge in [-0.2, -0.15) is 0 Å². The molecule has 1 aromatic rings. The van der Waals surface area contributed by atoms with Crippen LogP contribution in [0, 0.1) is 0 Å². The molecule has 0 bridgehead atoms. The van der Waals surface area contributed by atoms with Gasteiger partial charge in [-0.15, -0.1) is 11.3 Å². The lowest BCUT2D eigenvalue weighted by molar-refractivity contribution is -0.127. The zero-order valence-electron chi connectivity index (χ0n) is 13.3. The fourth-order valence-corrected chi connectivity index (χ4v) is 4.87. The molecule has 2 aliphatic rings. The van der Waals surface area contributed by atoms with E-state index in [9.17, 15) is 0 Å². The van der Waals surface area contributed by atoms with E-state index in [1.807, 2.05) is 6.07 Å². The molecule has 0 saturated carbocycles. The summed E-state index contributed by atoms with van der Waals surface area (Å²) < 4.78 is 12.6. The Balaban J connectivity index is 1.92. The Morgan fingerprint density at radius 3 is 3.13 bits per heavy atom. The van der Waals surface area contributed by atoms with E-state index < -0.39 is 0 Å². The number of hydrogen-bond acceptors (Lipinski definition) is 7. The Kier molecular flexibility index (Phi) is 4.87. The van der Waals surface area contributed by atoms with Gasteiger partial charge in [-0.1, -0.05) is 11.6 Å². The number of nitrogens with two attached hydrogens (primary N) is 2. The number of ether oxygens (including phenoxy) is 2. The van der Waals surface area contributed by atoms with Crippen molar-refractivity contribution in [1.82, 2.24) is 10.3 Å². The van der Waals surface area contributed by atoms with Crippen molar-refractivity contribution in [3.05, 3.63) is 32.7 Å². The van der Waals surface area contributed by atoms with Crippen LogP contribution in [0.1, 0.15) is 29.4 Å². The maximum absolute atomic E-state index is 6.29. The summed E-state index contributed by atoms with van der Waals surface area (Å²) in [5.41, 5.74) is 7.69. The van der Waals surface area contributed by atoms with Crippen LogP contribution in [0.15, 0.2) is 18.0 Å². The van der Waals surface area contributed by atoms with Crippen molar-refractivity contribution in [2.75, 3.05) is 27.3 Å². The lowest BCUT2D eigenvalue weighted by atomic mass is 9.81. The number of nitrogens with zero attached hydrogens (tertiary/aromatic N) is 1. The van der Waals surface area contributed by atoms with Crippen molar-refractivity contribution in [3.63, 3.8) is 0 Å². The average molecular weight is 359 g/mol. The highest BCUT2D eigenvalue weighted by molar-refractivity contribution is 7.16. The molecule has 6 nitrogen and oxygen atoms in total.